The van der Waals surface area contributed by atoms with Gasteiger partial charge in [0.1, 0.15) is 5.82 Å². The lowest BCUT2D eigenvalue weighted by Crippen LogP contribution is -2.45. The van der Waals surface area contributed by atoms with E-state index in [-0.39, 0.29) is 11.5 Å². The molecule has 2 aliphatic heterocycles. The summed E-state index contributed by atoms with van der Waals surface area (Å²) in [7, 11) is 0. The summed E-state index contributed by atoms with van der Waals surface area (Å²) in [6, 6.07) is 4.05. The Balaban J connectivity index is 1.40. The van der Waals surface area contributed by atoms with Crippen LogP contribution in [0.25, 0.3) is 0 Å². The number of likely N-dealkylation sites (tertiary alicyclic amines) is 1. The van der Waals surface area contributed by atoms with Crippen LogP contribution in [0.3, 0.4) is 0 Å². The van der Waals surface area contributed by atoms with E-state index in [1.54, 1.807) is 10.8 Å². The summed E-state index contributed by atoms with van der Waals surface area (Å²) in [6.07, 6.45) is 7.18. The largest absolute Gasteiger partial charge is 0.332 e. The standard InChI is InChI=1S/C19H23N5O2/c25-18-19(26)24(9-13-3-1-4-13)21-17-16-12-22(10-15(16)11-23(17)18)8-14-5-2-6-20-7-14/h2,5-7,13,15-16H,1,3-4,8-12H2/t15-,16-/m0/s1. The normalized spacial score (nSPS) is 25.1. The fraction of sp³-hybridized carbons (Fsp3) is 0.579. The number of aromatic nitrogens is 4. The molecule has 1 saturated carbocycles. The maximum absolute atomic E-state index is 12.5. The number of rotatable bonds is 4. The van der Waals surface area contributed by atoms with Gasteiger partial charge in [-0.2, -0.15) is 5.10 Å². The Morgan fingerprint density at radius 2 is 2.00 bits per heavy atom. The molecule has 0 unspecified atom stereocenters. The van der Waals surface area contributed by atoms with Crippen molar-refractivity contribution in [2.75, 3.05) is 13.1 Å². The molecular formula is C19H23N5O2. The molecular weight excluding hydrogens is 330 g/mol. The van der Waals surface area contributed by atoms with Gasteiger partial charge in [-0.3, -0.25) is 24.0 Å². The molecule has 0 N–H and O–H groups in total. The Morgan fingerprint density at radius 3 is 2.73 bits per heavy atom. The van der Waals surface area contributed by atoms with Crippen molar-refractivity contribution in [1.82, 2.24) is 24.2 Å². The quantitative estimate of drug-likeness (QED) is 0.761. The Hall–Kier alpha value is -2.28. The molecule has 0 bridgehead atoms. The summed E-state index contributed by atoms with van der Waals surface area (Å²) in [5.41, 5.74) is 0.364. The second kappa shape index (κ2) is 6.16. The smallest absolute Gasteiger partial charge is 0.298 e. The Morgan fingerprint density at radius 1 is 1.12 bits per heavy atom. The molecule has 7 heteroatoms. The van der Waals surface area contributed by atoms with Gasteiger partial charge in [0.25, 0.3) is 0 Å². The summed E-state index contributed by atoms with van der Waals surface area (Å²) in [5.74, 6) is 1.93. The van der Waals surface area contributed by atoms with Gasteiger partial charge in [-0.15, -0.1) is 0 Å². The lowest BCUT2D eigenvalue weighted by atomic mass is 9.85. The molecule has 0 spiro atoms. The van der Waals surface area contributed by atoms with Gasteiger partial charge >= 0.3 is 11.1 Å². The van der Waals surface area contributed by atoms with E-state index < -0.39 is 5.56 Å². The fourth-order valence-corrected chi connectivity index (χ4v) is 4.60. The molecule has 26 heavy (non-hydrogen) atoms. The highest BCUT2D eigenvalue weighted by Crippen LogP contribution is 2.37. The molecule has 136 valence electrons. The highest BCUT2D eigenvalue weighted by atomic mass is 16.2. The van der Waals surface area contributed by atoms with E-state index in [1.165, 1.54) is 16.7 Å². The zero-order valence-electron chi connectivity index (χ0n) is 14.8. The van der Waals surface area contributed by atoms with Crippen molar-refractivity contribution in [2.45, 2.75) is 44.8 Å². The maximum Gasteiger partial charge on any atom is 0.332 e. The molecule has 1 saturated heterocycles. The van der Waals surface area contributed by atoms with Crippen LogP contribution >= 0.6 is 0 Å². The Labute approximate surface area is 151 Å². The van der Waals surface area contributed by atoms with Crippen LogP contribution in [0.15, 0.2) is 34.1 Å². The van der Waals surface area contributed by atoms with E-state index in [9.17, 15) is 9.59 Å². The van der Waals surface area contributed by atoms with Crippen molar-refractivity contribution in [3.8, 4) is 0 Å². The van der Waals surface area contributed by atoms with E-state index in [1.807, 2.05) is 12.3 Å². The first-order chi connectivity index (χ1) is 12.7. The van der Waals surface area contributed by atoms with Gasteiger partial charge in [0.15, 0.2) is 0 Å². The SMILES string of the molecule is O=c1c(=O)n2c(nn1CC1CCC1)[C@H]1CN(Cc3cccnc3)C[C@H]1C2. The lowest BCUT2D eigenvalue weighted by Gasteiger charge is -2.25. The van der Waals surface area contributed by atoms with Gasteiger partial charge in [-0.25, -0.2) is 4.68 Å². The van der Waals surface area contributed by atoms with E-state index in [0.717, 1.165) is 38.3 Å². The molecule has 0 radical (unpaired) electrons. The second-order valence-electron chi connectivity index (χ2n) is 7.98. The predicted molar refractivity (Wildman–Crippen MR) is 95.8 cm³/mol. The molecule has 2 aromatic rings. The first kappa shape index (κ1) is 15.9. The van der Waals surface area contributed by atoms with Gasteiger partial charge in [0.2, 0.25) is 0 Å². The van der Waals surface area contributed by atoms with Crippen molar-refractivity contribution in [2.24, 2.45) is 11.8 Å². The average Bonchev–Trinajstić information content (AvgIpc) is 3.14. The Bertz CT molecular complexity index is 931. The summed E-state index contributed by atoms with van der Waals surface area (Å²) >= 11 is 0. The van der Waals surface area contributed by atoms with Crippen LogP contribution in [-0.4, -0.2) is 37.3 Å². The number of hydrogen-bond donors (Lipinski definition) is 0. The lowest BCUT2D eigenvalue weighted by molar-refractivity contribution is 0.256. The number of pyridine rings is 1. The zero-order valence-corrected chi connectivity index (χ0v) is 14.8. The summed E-state index contributed by atoms with van der Waals surface area (Å²) in [5, 5.41) is 4.65. The van der Waals surface area contributed by atoms with Crippen molar-refractivity contribution in [3.05, 3.63) is 56.6 Å². The highest BCUT2D eigenvalue weighted by molar-refractivity contribution is 5.14. The third-order valence-electron chi connectivity index (χ3n) is 6.21. The molecule has 4 heterocycles. The number of fused-ring (bicyclic) bond motifs is 3. The topological polar surface area (TPSA) is 73.0 Å². The zero-order chi connectivity index (χ0) is 17.7. The summed E-state index contributed by atoms with van der Waals surface area (Å²) in [6.45, 7) is 3.90. The minimum atomic E-state index is -0.451. The first-order valence-electron chi connectivity index (χ1n) is 9.52. The molecule has 2 atom stereocenters. The number of nitrogens with zero attached hydrogens (tertiary/aromatic N) is 5. The minimum Gasteiger partial charge on any atom is -0.298 e. The molecule has 2 fully saturated rings. The molecule has 0 amide bonds. The van der Waals surface area contributed by atoms with Gasteiger partial charge < -0.3 is 0 Å². The third-order valence-corrected chi connectivity index (χ3v) is 6.21. The average molecular weight is 353 g/mol. The minimum absolute atomic E-state index is 0.243. The van der Waals surface area contributed by atoms with Crippen LogP contribution < -0.4 is 11.1 Å². The van der Waals surface area contributed by atoms with Crippen LogP contribution in [-0.2, 0) is 19.6 Å². The maximum atomic E-state index is 12.5. The van der Waals surface area contributed by atoms with Crippen molar-refractivity contribution < 1.29 is 0 Å². The van der Waals surface area contributed by atoms with Crippen molar-refractivity contribution in [3.63, 3.8) is 0 Å². The molecule has 2 aromatic heterocycles. The van der Waals surface area contributed by atoms with Crippen LogP contribution in [0, 0.1) is 11.8 Å². The van der Waals surface area contributed by atoms with E-state index in [2.05, 4.69) is 21.0 Å². The molecule has 5 rings (SSSR count). The van der Waals surface area contributed by atoms with Crippen LogP contribution in [0.5, 0.6) is 0 Å². The molecule has 7 nitrogen and oxygen atoms in total. The third kappa shape index (κ3) is 2.61. The summed E-state index contributed by atoms with van der Waals surface area (Å²) in [4.78, 5) is 31.5. The van der Waals surface area contributed by atoms with E-state index in [0.29, 0.717) is 24.9 Å². The van der Waals surface area contributed by atoms with Crippen molar-refractivity contribution >= 4 is 0 Å². The number of hydrogen-bond acceptors (Lipinski definition) is 5. The van der Waals surface area contributed by atoms with E-state index in [4.69, 9.17) is 0 Å². The predicted octanol–water partition coefficient (Wildman–Crippen LogP) is 0.829. The van der Waals surface area contributed by atoms with Gasteiger partial charge in [0, 0.05) is 57.0 Å². The Kier molecular flexibility index (Phi) is 3.77. The fourth-order valence-electron chi connectivity index (χ4n) is 4.60. The molecule has 3 aliphatic rings. The first-order valence-corrected chi connectivity index (χ1v) is 9.52. The van der Waals surface area contributed by atoms with Gasteiger partial charge in [-0.05, 0) is 30.4 Å². The second-order valence-corrected chi connectivity index (χ2v) is 7.98. The van der Waals surface area contributed by atoms with Crippen LogP contribution in [0.1, 0.15) is 36.6 Å². The molecule has 0 aromatic carbocycles. The summed E-state index contributed by atoms with van der Waals surface area (Å²) < 4.78 is 3.08. The highest BCUT2D eigenvalue weighted by Gasteiger charge is 2.42. The van der Waals surface area contributed by atoms with Gasteiger partial charge in [0.05, 0.1) is 0 Å². The van der Waals surface area contributed by atoms with Crippen molar-refractivity contribution in [1.29, 1.82) is 0 Å². The van der Waals surface area contributed by atoms with Crippen LogP contribution in [0.4, 0.5) is 0 Å². The van der Waals surface area contributed by atoms with Gasteiger partial charge in [-0.1, -0.05) is 12.5 Å². The molecule has 1 aliphatic carbocycles. The monoisotopic (exact) mass is 353 g/mol. The van der Waals surface area contributed by atoms with E-state index >= 15 is 0 Å². The van der Waals surface area contributed by atoms with Crippen LogP contribution in [0.2, 0.25) is 0 Å².